The molecule has 2 heterocycles. The molecule has 1 aliphatic rings. The monoisotopic (exact) mass is 286 g/mol. The van der Waals surface area contributed by atoms with E-state index in [1.807, 2.05) is 0 Å². The number of likely N-dealkylation sites (N-methyl/N-ethyl adjacent to an activating group) is 1. The molecule has 0 saturated carbocycles. The predicted octanol–water partition coefficient (Wildman–Crippen LogP) is 2.53. The van der Waals surface area contributed by atoms with Gasteiger partial charge in [-0.15, -0.1) is 11.8 Å². The summed E-state index contributed by atoms with van der Waals surface area (Å²) in [6.07, 6.45) is 0.980. The van der Waals surface area contributed by atoms with Gasteiger partial charge >= 0.3 is 0 Å². The highest BCUT2D eigenvalue weighted by Crippen LogP contribution is 2.36. The Labute approximate surface area is 118 Å². The second-order valence-electron chi connectivity index (χ2n) is 5.28. The van der Waals surface area contributed by atoms with Crippen LogP contribution in [0.1, 0.15) is 19.5 Å². The molecule has 0 unspecified atom stereocenters. The van der Waals surface area contributed by atoms with Gasteiger partial charge in [0.25, 0.3) is 0 Å². The average molecular weight is 287 g/mol. The maximum atomic E-state index is 5.96. The number of rotatable bonds is 4. The van der Waals surface area contributed by atoms with Crippen LogP contribution >= 0.6 is 23.4 Å². The minimum absolute atomic E-state index is 0.0631. The molecule has 0 fully saturated rings. The summed E-state index contributed by atoms with van der Waals surface area (Å²) >= 11 is 7.76. The predicted molar refractivity (Wildman–Crippen MR) is 77.7 cm³/mol. The van der Waals surface area contributed by atoms with Crippen molar-refractivity contribution in [2.45, 2.75) is 30.7 Å². The molecule has 4 nitrogen and oxygen atoms in total. The maximum Gasteiger partial charge on any atom is 0.224 e. The number of nitrogens with zero attached hydrogens (tertiary/aromatic N) is 3. The van der Waals surface area contributed by atoms with Gasteiger partial charge in [0.15, 0.2) is 0 Å². The first-order valence-corrected chi connectivity index (χ1v) is 7.37. The number of hydrogen-bond donors (Lipinski definition) is 1. The van der Waals surface area contributed by atoms with Crippen LogP contribution in [0, 0.1) is 0 Å². The Morgan fingerprint density at radius 2 is 2.11 bits per heavy atom. The average Bonchev–Trinajstić information content (AvgIpc) is 2.73. The van der Waals surface area contributed by atoms with Gasteiger partial charge in [-0.3, -0.25) is 0 Å². The molecule has 1 N–H and O–H groups in total. The topological polar surface area (TPSA) is 41.0 Å². The number of aryl methyl sites for hydroxylation is 1. The van der Waals surface area contributed by atoms with Crippen molar-refractivity contribution < 1.29 is 0 Å². The quantitative estimate of drug-likeness (QED) is 0.862. The summed E-state index contributed by atoms with van der Waals surface area (Å²) in [5, 5.41) is 3.74. The van der Waals surface area contributed by atoms with Gasteiger partial charge in [-0.25, -0.2) is 4.98 Å². The Morgan fingerprint density at radius 3 is 2.78 bits per heavy atom. The molecule has 18 heavy (non-hydrogen) atoms. The molecule has 0 bridgehead atoms. The third-order valence-electron chi connectivity index (χ3n) is 3.39. The lowest BCUT2D eigenvalue weighted by atomic mass is 10.0. The fourth-order valence-corrected chi connectivity index (χ4v) is 2.87. The summed E-state index contributed by atoms with van der Waals surface area (Å²) in [5.74, 6) is 1.94. The fraction of sp³-hybridized carbons (Fsp3) is 0.667. The van der Waals surface area contributed by atoms with Crippen molar-refractivity contribution in [1.82, 2.24) is 14.9 Å². The van der Waals surface area contributed by atoms with Crippen LogP contribution in [0.3, 0.4) is 0 Å². The first kappa shape index (κ1) is 13.9. The molecule has 1 aromatic heterocycles. The molecule has 2 rings (SSSR count). The van der Waals surface area contributed by atoms with E-state index in [-0.39, 0.29) is 5.54 Å². The molecular weight excluding hydrogens is 268 g/mol. The summed E-state index contributed by atoms with van der Waals surface area (Å²) in [6, 6.07) is 0. The second-order valence-corrected chi connectivity index (χ2v) is 6.72. The minimum atomic E-state index is 0.0631. The number of hydrogen-bond acceptors (Lipinski definition) is 5. The van der Waals surface area contributed by atoms with E-state index >= 15 is 0 Å². The highest BCUT2D eigenvalue weighted by molar-refractivity contribution is 7.99. The third-order valence-corrected chi connectivity index (χ3v) is 4.69. The molecule has 6 heteroatoms. The van der Waals surface area contributed by atoms with E-state index in [9.17, 15) is 0 Å². The van der Waals surface area contributed by atoms with Gasteiger partial charge in [-0.1, -0.05) is 0 Å². The van der Waals surface area contributed by atoms with Crippen molar-refractivity contribution in [3.05, 3.63) is 11.0 Å². The van der Waals surface area contributed by atoms with Crippen LogP contribution in [0.2, 0.25) is 5.28 Å². The van der Waals surface area contributed by atoms with Gasteiger partial charge in [-0.05, 0) is 39.5 Å². The molecule has 0 aliphatic carbocycles. The zero-order chi connectivity index (χ0) is 13.3. The van der Waals surface area contributed by atoms with Gasteiger partial charge in [0.05, 0.1) is 10.6 Å². The molecule has 0 atom stereocenters. The highest BCUT2D eigenvalue weighted by atomic mass is 35.5. The molecule has 1 aromatic rings. The van der Waals surface area contributed by atoms with E-state index in [1.54, 1.807) is 11.8 Å². The SMILES string of the molecule is CN(C)C(C)(C)CNc1nc(Cl)nc2c1SCC2. The van der Waals surface area contributed by atoms with E-state index in [0.717, 1.165) is 35.1 Å². The maximum absolute atomic E-state index is 5.96. The summed E-state index contributed by atoms with van der Waals surface area (Å²) < 4.78 is 0. The fourth-order valence-electron chi connectivity index (χ4n) is 1.62. The molecular formula is C12H19ClN4S. The number of thioether (sulfide) groups is 1. The summed E-state index contributed by atoms with van der Waals surface area (Å²) in [7, 11) is 4.15. The molecule has 0 radical (unpaired) electrons. The van der Waals surface area contributed by atoms with E-state index in [2.05, 4.69) is 48.1 Å². The van der Waals surface area contributed by atoms with Gasteiger partial charge < -0.3 is 10.2 Å². The first-order chi connectivity index (χ1) is 8.40. The summed E-state index contributed by atoms with van der Waals surface area (Å²) in [6.45, 7) is 5.20. The normalized spacial score (nSPS) is 15.0. The van der Waals surface area contributed by atoms with Gasteiger partial charge in [-0.2, -0.15) is 4.98 Å². The van der Waals surface area contributed by atoms with Gasteiger partial charge in [0, 0.05) is 24.3 Å². The van der Waals surface area contributed by atoms with E-state index in [1.165, 1.54) is 0 Å². The molecule has 1 aliphatic heterocycles. The zero-order valence-electron chi connectivity index (χ0n) is 11.2. The van der Waals surface area contributed by atoms with Crippen LogP contribution in [0.15, 0.2) is 4.90 Å². The highest BCUT2D eigenvalue weighted by Gasteiger charge is 2.23. The molecule has 0 spiro atoms. The van der Waals surface area contributed by atoms with E-state index in [4.69, 9.17) is 11.6 Å². The largest absolute Gasteiger partial charge is 0.367 e. The Bertz CT molecular complexity index is 448. The van der Waals surface area contributed by atoms with Crippen LogP contribution in [0.5, 0.6) is 0 Å². The van der Waals surface area contributed by atoms with Crippen LogP contribution in [0.4, 0.5) is 5.82 Å². The Kier molecular flexibility index (Phi) is 4.04. The van der Waals surface area contributed by atoms with Crippen molar-refractivity contribution in [3.8, 4) is 0 Å². The number of nitrogens with one attached hydrogen (secondary N) is 1. The van der Waals surface area contributed by atoms with Crippen molar-refractivity contribution in [2.24, 2.45) is 0 Å². The van der Waals surface area contributed by atoms with Crippen LogP contribution in [-0.2, 0) is 6.42 Å². The second kappa shape index (κ2) is 5.23. The van der Waals surface area contributed by atoms with Crippen molar-refractivity contribution >= 4 is 29.2 Å². The number of fused-ring (bicyclic) bond motifs is 1. The lowest BCUT2D eigenvalue weighted by Gasteiger charge is -2.33. The summed E-state index contributed by atoms with van der Waals surface area (Å²) in [5.41, 5.74) is 1.14. The smallest absolute Gasteiger partial charge is 0.224 e. The van der Waals surface area contributed by atoms with Crippen LogP contribution in [-0.4, -0.2) is 46.8 Å². The van der Waals surface area contributed by atoms with Crippen LogP contribution in [0.25, 0.3) is 0 Å². The van der Waals surface area contributed by atoms with Crippen molar-refractivity contribution in [2.75, 3.05) is 31.7 Å². The Hall–Kier alpha value is -0.520. The lowest BCUT2D eigenvalue weighted by Crippen LogP contribution is -2.44. The number of anilines is 1. The number of halogens is 1. The molecule has 0 saturated heterocycles. The van der Waals surface area contributed by atoms with Crippen molar-refractivity contribution in [1.29, 1.82) is 0 Å². The van der Waals surface area contributed by atoms with Crippen molar-refractivity contribution in [3.63, 3.8) is 0 Å². The molecule has 100 valence electrons. The van der Waals surface area contributed by atoms with Crippen LogP contribution < -0.4 is 5.32 Å². The standard InChI is InChI=1S/C12H19ClN4S/c1-12(2,17(3)4)7-14-10-9-8(5-6-18-9)15-11(13)16-10/h5-7H2,1-4H3,(H,14,15,16). The summed E-state index contributed by atoms with van der Waals surface area (Å²) in [4.78, 5) is 11.9. The van der Waals surface area contributed by atoms with Gasteiger partial charge in [0.2, 0.25) is 5.28 Å². The lowest BCUT2D eigenvalue weighted by molar-refractivity contribution is 0.210. The Balaban J connectivity index is 2.15. The van der Waals surface area contributed by atoms with E-state index < -0.39 is 0 Å². The zero-order valence-corrected chi connectivity index (χ0v) is 12.8. The molecule has 0 aromatic carbocycles. The number of aromatic nitrogens is 2. The first-order valence-electron chi connectivity index (χ1n) is 6.00. The van der Waals surface area contributed by atoms with E-state index in [0.29, 0.717) is 5.28 Å². The minimum Gasteiger partial charge on any atom is -0.367 e. The Morgan fingerprint density at radius 1 is 1.39 bits per heavy atom. The molecule has 0 amide bonds. The third kappa shape index (κ3) is 2.90. The van der Waals surface area contributed by atoms with Gasteiger partial charge in [0.1, 0.15) is 5.82 Å².